The lowest BCUT2D eigenvalue weighted by atomic mass is 9.65. The first-order valence-corrected chi connectivity index (χ1v) is 6.60. The average molecular weight is 228 g/mol. The van der Waals surface area contributed by atoms with E-state index < -0.39 is 5.60 Å². The van der Waals surface area contributed by atoms with Gasteiger partial charge < -0.3 is 9.84 Å². The summed E-state index contributed by atoms with van der Waals surface area (Å²) in [6.45, 7) is 12.7. The van der Waals surface area contributed by atoms with Gasteiger partial charge in [-0.25, -0.2) is 0 Å². The molecule has 1 heterocycles. The summed E-state index contributed by atoms with van der Waals surface area (Å²) >= 11 is 0. The smallest absolute Gasteiger partial charge is 0.0719 e. The summed E-state index contributed by atoms with van der Waals surface area (Å²) in [7, 11) is 0. The third-order valence-electron chi connectivity index (χ3n) is 4.43. The number of hydrogen-bond donors (Lipinski definition) is 1. The first kappa shape index (κ1) is 14.0. The summed E-state index contributed by atoms with van der Waals surface area (Å²) in [4.78, 5) is 0. The molecule has 1 aliphatic heterocycles. The molecule has 1 fully saturated rings. The monoisotopic (exact) mass is 228 g/mol. The van der Waals surface area contributed by atoms with Crippen LogP contribution in [0.1, 0.15) is 60.8 Å². The van der Waals surface area contributed by atoms with Crippen LogP contribution in [0.5, 0.6) is 0 Å². The highest BCUT2D eigenvalue weighted by atomic mass is 16.5. The van der Waals surface area contributed by atoms with Gasteiger partial charge in [0.05, 0.1) is 17.8 Å². The van der Waals surface area contributed by atoms with Crippen LogP contribution in [0, 0.1) is 11.3 Å². The predicted octanol–water partition coefficient (Wildman–Crippen LogP) is 3.38. The van der Waals surface area contributed by atoms with Crippen LogP contribution in [0.3, 0.4) is 0 Å². The van der Waals surface area contributed by atoms with E-state index in [1.807, 2.05) is 6.92 Å². The van der Waals surface area contributed by atoms with Gasteiger partial charge in [0.1, 0.15) is 0 Å². The lowest BCUT2D eigenvalue weighted by Gasteiger charge is -2.53. The van der Waals surface area contributed by atoms with E-state index in [-0.39, 0.29) is 17.6 Å². The Bertz CT molecular complexity index is 231. The van der Waals surface area contributed by atoms with Gasteiger partial charge in [0.25, 0.3) is 0 Å². The normalized spacial score (nSPS) is 39.0. The molecule has 16 heavy (non-hydrogen) atoms. The maximum absolute atomic E-state index is 10.6. The molecule has 2 nitrogen and oxygen atoms in total. The van der Waals surface area contributed by atoms with Crippen LogP contribution >= 0.6 is 0 Å². The Hall–Kier alpha value is -0.0800. The number of ether oxygens (including phenoxy) is 1. The fourth-order valence-electron chi connectivity index (χ4n) is 2.51. The molecule has 1 saturated heterocycles. The molecule has 0 aromatic carbocycles. The Morgan fingerprint density at radius 2 is 1.88 bits per heavy atom. The van der Waals surface area contributed by atoms with Crippen molar-refractivity contribution in [2.24, 2.45) is 11.3 Å². The largest absolute Gasteiger partial charge is 0.389 e. The van der Waals surface area contributed by atoms with Gasteiger partial charge in [0, 0.05) is 11.8 Å². The second-order valence-corrected chi connectivity index (χ2v) is 6.40. The minimum Gasteiger partial charge on any atom is -0.389 e. The van der Waals surface area contributed by atoms with Crippen LogP contribution < -0.4 is 0 Å². The molecular weight excluding hydrogens is 200 g/mol. The zero-order valence-electron chi connectivity index (χ0n) is 11.7. The van der Waals surface area contributed by atoms with Crippen molar-refractivity contribution in [3.63, 3.8) is 0 Å². The zero-order chi connectivity index (χ0) is 12.6. The van der Waals surface area contributed by atoms with E-state index in [4.69, 9.17) is 4.74 Å². The maximum Gasteiger partial charge on any atom is 0.0719 e. The molecule has 3 atom stereocenters. The molecule has 3 unspecified atom stereocenters. The average Bonchev–Trinajstić information content (AvgIpc) is 2.13. The first-order chi connectivity index (χ1) is 7.22. The van der Waals surface area contributed by atoms with Crippen LogP contribution in [0.25, 0.3) is 0 Å². The van der Waals surface area contributed by atoms with E-state index >= 15 is 0 Å². The van der Waals surface area contributed by atoms with Crippen molar-refractivity contribution >= 4 is 0 Å². The van der Waals surface area contributed by atoms with E-state index in [0.29, 0.717) is 5.92 Å². The second kappa shape index (κ2) is 4.66. The van der Waals surface area contributed by atoms with Crippen LogP contribution in [0.15, 0.2) is 0 Å². The molecule has 0 bridgehead atoms. The Morgan fingerprint density at radius 1 is 1.31 bits per heavy atom. The van der Waals surface area contributed by atoms with Crippen molar-refractivity contribution in [1.29, 1.82) is 0 Å². The van der Waals surface area contributed by atoms with Gasteiger partial charge in [-0.15, -0.1) is 0 Å². The van der Waals surface area contributed by atoms with Crippen molar-refractivity contribution in [3.05, 3.63) is 0 Å². The van der Waals surface area contributed by atoms with E-state index in [0.717, 1.165) is 19.3 Å². The number of rotatable bonds is 3. The van der Waals surface area contributed by atoms with E-state index in [1.54, 1.807) is 0 Å². The Kier molecular flexibility index (Phi) is 4.07. The molecule has 0 amide bonds. The van der Waals surface area contributed by atoms with Crippen molar-refractivity contribution in [2.45, 2.75) is 78.6 Å². The molecule has 1 aliphatic rings. The van der Waals surface area contributed by atoms with E-state index in [1.165, 1.54) is 0 Å². The molecule has 0 aliphatic carbocycles. The molecule has 0 aromatic heterocycles. The Morgan fingerprint density at radius 3 is 2.31 bits per heavy atom. The fourth-order valence-corrected chi connectivity index (χ4v) is 2.51. The van der Waals surface area contributed by atoms with Crippen molar-refractivity contribution < 1.29 is 9.84 Å². The van der Waals surface area contributed by atoms with Gasteiger partial charge in [-0.3, -0.25) is 0 Å². The van der Waals surface area contributed by atoms with Gasteiger partial charge in [-0.2, -0.15) is 0 Å². The quantitative estimate of drug-likeness (QED) is 0.802. The highest BCUT2D eigenvalue weighted by Gasteiger charge is 2.51. The topological polar surface area (TPSA) is 29.5 Å². The molecule has 2 heteroatoms. The molecular formula is C14H28O2. The van der Waals surface area contributed by atoms with Gasteiger partial charge in [0.2, 0.25) is 0 Å². The summed E-state index contributed by atoms with van der Waals surface area (Å²) in [6, 6.07) is 0. The summed E-state index contributed by atoms with van der Waals surface area (Å²) < 4.78 is 6.18. The van der Waals surface area contributed by atoms with E-state index in [9.17, 15) is 5.11 Å². The molecule has 0 spiro atoms. The Labute approximate surface area is 100 Å². The van der Waals surface area contributed by atoms with Gasteiger partial charge in [0.15, 0.2) is 0 Å². The lowest BCUT2D eigenvalue weighted by molar-refractivity contribution is -0.228. The standard InChI is InChI=1S/C14H28O2/c1-7-8-12-13(4,5)14(6,15)9-11(16-12)10(2)3/h10-12,15H,7-9H2,1-6H3. The summed E-state index contributed by atoms with van der Waals surface area (Å²) in [5, 5.41) is 10.6. The maximum atomic E-state index is 10.6. The van der Waals surface area contributed by atoms with E-state index in [2.05, 4.69) is 34.6 Å². The minimum atomic E-state index is -0.625. The molecule has 0 radical (unpaired) electrons. The highest BCUT2D eigenvalue weighted by Crippen LogP contribution is 2.46. The SMILES string of the molecule is CCCC1OC(C(C)C)CC(C)(O)C1(C)C. The van der Waals surface area contributed by atoms with Gasteiger partial charge in [-0.1, -0.05) is 41.0 Å². The summed E-state index contributed by atoms with van der Waals surface area (Å²) in [5.41, 5.74) is -0.783. The Balaban J connectivity index is 2.89. The molecule has 1 rings (SSSR count). The predicted molar refractivity (Wildman–Crippen MR) is 67.4 cm³/mol. The number of hydrogen-bond acceptors (Lipinski definition) is 2. The van der Waals surface area contributed by atoms with Crippen LogP contribution in [0.2, 0.25) is 0 Å². The second-order valence-electron chi connectivity index (χ2n) is 6.40. The lowest BCUT2D eigenvalue weighted by Crippen LogP contribution is -2.58. The molecule has 1 N–H and O–H groups in total. The summed E-state index contributed by atoms with van der Waals surface area (Å²) in [5.74, 6) is 0.474. The van der Waals surface area contributed by atoms with Crippen LogP contribution in [-0.4, -0.2) is 22.9 Å². The molecule has 0 saturated carbocycles. The van der Waals surface area contributed by atoms with Crippen LogP contribution in [0.4, 0.5) is 0 Å². The van der Waals surface area contributed by atoms with Crippen molar-refractivity contribution in [2.75, 3.05) is 0 Å². The highest BCUT2D eigenvalue weighted by molar-refractivity contribution is 5.00. The van der Waals surface area contributed by atoms with Gasteiger partial charge >= 0.3 is 0 Å². The zero-order valence-corrected chi connectivity index (χ0v) is 11.7. The van der Waals surface area contributed by atoms with Crippen LogP contribution in [-0.2, 0) is 4.74 Å². The minimum absolute atomic E-state index is 0.158. The number of aliphatic hydroxyl groups is 1. The van der Waals surface area contributed by atoms with Gasteiger partial charge in [-0.05, 0) is 19.3 Å². The van der Waals surface area contributed by atoms with Crippen molar-refractivity contribution in [3.8, 4) is 0 Å². The first-order valence-electron chi connectivity index (χ1n) is 6.60. The third-order valence-corrected chi connectivity index (χ3v) is 4.43. The van der Waals surface area contributed by atoms with Crippen molar-refractivity contribution in [1.82, 2.24) is 0 Å². The molecule has 96 valence electrons. The third kappa shape index (κ3) is 2.43. The molecule has 0 aromatic rings. The fraction of sp³-hybridized carbons (Fsp3) is 1.00. The summed E-state index contributed by atoms with van der Waals surface area (Å²) in [6.07, 6.45) is 3.26.